The van der Waals surface area contributed by atoms with Crippen LogP contribution in [0, 0.1) is 5.82 Å². The maximum atomic E-state index is 12.4. The number of halogens is 1. The Balaban J connectivity index is 2.80. The molecule has 1 aromatic carbocycles. The summed E-state index contributed by atoms with van der Waals surface area (Å²) in [6, 6.07) is 4.71. The second-order valence-corrected chi connectivity index (χ2v) is 4.31. The van der Waals surface area contributed by atoms with Gasteiger partial charge in [-0.25, -0.2) is 4.39 Å². The summed E-state index contributed by atoms with van der Waals surface area (Å²) in [5, 5.41) is 9.29. The van der Waals surface area contributed by atoms with Crippen molar-refractivity contribution in [2.45, 2.75) is 6.10 Å². The lowest BCUT2D eigenvalue weighted by Crippen LogP contribution is -2.13. The highest BCUT2D eigenvalue weighted by atomic mass is 32.2. The zero-order valence-electron chi connectivity index (χ0n) is 7.09. The zero-order chi connectivity index (χ0) is 10.8. The van der Waals surface area contributed by atoms with E-state index in [0.29, 0.717) is 0 Å². The fourth-order valence-corrected chi connectivity index (χ4v) is 1.57. The summed E-state index contributed by atoms with van der Waals surface area (Å²) in [4.78, 5) is 0. The Kier molecular flexibility index (Phi) is 3.20. The first-order chi connectivity index (χ1) is 6.38. The largest absolute Gasteiger partial charge is 0.387 e. The van der Waals surface area contributed by atoms with Crippen LogP contribution < -0.4 is 0 Å². The molecule has 0 saturated heterocycles. The molecule has 0 bridgehead atoms. The summed E-state index contributed by atoms with van der Waals surface area (Å²) >= 11 is 0. The predicted molar refractivity (Wildman–Crippen MR) is 47.8 cm³/mol. The quantitative estimate of drug-likeness (QED) is 0.737. The molecule has 1 atom stereocenters. The van der Waals surface area contributed by atoms with E-state index >= 15 is 0 Å². The Labute approximate surface area is 80.7 Å². The van der Waals surface area contributed by atoms with Gasteiger partial charge in [0.15, 0.2) is 0 Å². The Bertz CT molecular complexity index is 398. The first-order valence-electron chi connectivity index (χ1n) is 3.77. The minimum absolute atomic E-state index is 0.240. The average molecular weight is 220 g/mol. The van der Waals surface area contributed by atoms with Crippen LogP contribution in [0.3, 0.4) is 0 Å². The van der Waals surface area contributed by atoms with Gasteiger partial charge in [0.05, 0.1) is 6.10 Å². The topological polar surface area (TPSA) is 74.6 Å². The summed E-state index contributed by atoms with van der Waals surface area (Å²) in [7, 11) is -4.23. The Morgan fingerprint density at radius 3 is 2.21 bits per heavy atom. The van der Waals surface area contributed by atoms with Crippen molar-refractivity contribution < 1.29 is 22.5 Å². The summed E-state index contributed by atoms with van der Waals surface area (Å²) < 4.78 is 41.7. The first kappa shape index (κ1) is 11.1. The van der Waals surface area contributed by atoms with Gasteiger partial charge in [-0.3, -0.25) is 4.55 Å². The third kappa shape index (κ3) is 3.41. The van der Waals surface area contributed by atoms with Crippen LogP contribution in [-0.2, 0) is 10.1 Å². The third-order valence-electron chi connectivity index (χ3n) is 1.62. The van der Waals surface area contributed by atoms with Crippen LogP contribution in [0.2, 0.25) is 0 Å². The molecular formula is C8H9FO4S. The first-order valence-corrected chi connectivity index (χ1v) is 5.38. The highest BCUT2D eigenvalue weighted by molar-refractivity contribution is 7.85. The molecule has 0 saturated carbocycles. The molecule has 0 heterocycles. The zero-order valence-corrected chi connectivity index (χ0v) is 7.91. The highest BCUT2D eigenvalue weighted by Crippen LogP contribution is 2.14. The molecule has 0 aromatic heterocycles. The maximum absolute atomic E-state index is 12.4. The van der Waals surface area contributed by atoms with E-state index in [1.807, 2.05) is 0 Å². The normalized spacial score (nSPS) is 13.9. The Morgan fingerprint density at radius 2 is 1.79 bits per heavy atom. The third-order valence-corrected chi connectivity index (χ3v) is 2.36. The molecule has 0 aliphatic carbocycles. The van der Waals surface area contributed by atoms with E-state index in [-0.39, 0.29) is 5.56 Å². The van der Waals surface area contributed by atoms with Gasteiger partial charge in [0.2, 0.25) is 0 Å². The van der Waals surface area contributed by atoms with Gasteiger partial charge in [-0.15, -0.1) is 0 Å². The van der Waals surface area contributed by atoms with Gasteiger partial charge in [0, 0.05) is 0 Å². The van der Waals surface area contributed by atoms with Gasteiger partial charge in [-0.2, -0.15) is 8.42 Å². The molecule has 0 radical (unpaired) electrons. The lowest BCUT2D eigenvalue weighted by molar-refractivity contribution is 0.199. The Hall–Kier alpha value is -0.980. The smallest absolute Gasteiger partial charge is 0.267 e. The van der Waals surface area contributed by atoms with Crippen LogP contribution in [-0.4, -0.2) is 23.8 Å². The van der Waals surface area contributed by atoms with Crippen molar-refractivity contribution in [2.24, 2.45) is 0 Å². The van der Waals surface area contributed by atoms with E-state index in [9.17, 15) is 17.9 Å². The van der Waals surface area contributed by atoms with Crippen LogP contribution in [0.4, 0.5) is 4.39 Å². The fraction of sp³-hybridized carbons (Fsp3) is 0.250. The van der Waals surface area contributed by atoms with E-state index in [0.717, 1.165) is 12.1 Å². The van der Waals surface area contributed by atoms with Gasteiger partial charge in [-0.05, 0) is 17.7 Å². The van der Waals surface area contributed by atoms with E-state index in [2.05, 4.69) is 0 Å². The molecule has 0 spiro atoms. The molecule has 1 aromatic rings. The molecule has 2 N–H and O–H groups in total. The molecule has 4 nitrogen and oxygen atoms in total. The standard InChI is InChI=1S/C8H9FO4S/c9-7-3-1-6(2-4-7)8(10)5-14(11,12)13/h1-4,8,10H,5H2,(H,11,12,13). The number of aliphatic hydroxyl groups excluding tert-OH is 1. The molecule has 78 valence electrons. The molecule has 0 aliphatic rings. The van der Waals surface area contributed by atoms with Crippen molar-refractivity contribution in [3.63, 3.8) is 0 Å². The minimum atomic E-state index is -4.23. The summed E-state index contributed by atoms with van der Waals surface area (Å²) in [6.45, 7) is 0. The predicted octanol–water partition coefficient (Wildman–Crippen LogP) is 0.747. The minimum Gasteiger partial charge on any atom is -0.387 e. The average Bonchev–Trinajstić information content (AvgIpc) is 2.02. The maximum Gasteiger partial charge on any atom is 0.267 e. The lowest BCUT2D eigenvalue weighted by atomic mass is 10.1. The second-order valence-electron chi connectivity index (χ2n) is 2.82. The van der Waals surface area contributed by atoms with E-state index in [1.165, 1.54) is 12.1 Å². The highest BCUT2D eigenvalue weighted by Gasteiger charge is 2.15. The van der Waals surface area contributed by atoms with Gasteiger partial charge >= 0.3 is 0 Å². The number of hydrogen-bond acceptors (Lipinski definition) is 3. The SMILES string of the molecule is O=S(=O)(O)CC(O)c1ccc(F)cc1. The monoisotopic (exact) mass is 220 g/mol. The van der Waals surface area contributed by atoms with Crippen LogP contribution >= 0.6 is 0 Å². The summed E-state index contributed by atoms with van der Waals surface area (Å²) in [5.74, 6) is -1.27. The molecular weight excluding hydrogens is 211 g/mol. The van der Waals surface area contributed by atoms with Crippen molar-refractivity contribution >= 4 is 10.1 Å². The van der Waals surface area contributed by atoms with E-state index < -0.39 is 27.8 Å². The molecule has 0 amide bonds. The van der Waals surface area contributed by atoms with Gasteiger partial charge < -0.3 is 5.11 Å². The fourth-order valence-electron chi connectivity index (χ4n) is 0.981. The molecule has 1 unspecified atom stereocenters. The molecule has 0 aliphatic heterocycles. The van der Waals surface area contributed by atoms with E-state index in [1.54, 1.807) is 0 Å². The number of rotatable bonds is 3. The van der Waals surface area contributed by atoms with E-state index in [4.69, 9.17) is 4.55 Å². The molecule has 6 heteroatoms. The summed E-state index contributed by atoms with van der Waals surface area (Å²) in [5.41, 5.74) is 0.240. The van der Waals surface area contributed by atoms with Crippen LogP contribution in [0.5, 0.6) is 0 Å². The van der Waals surface area contributed by atoms with Crippen molar-refractivity contribution in [3.8, 4) is 0 Å². The molecule has 14 heavy (non-hydrogen) atoms. The molecule has 1 rings (SSSR count). The Morgan fingerprint density at radius 1 is 1.29 bits per heavy atom. The van der Waals surface area contributed by atoms with Crippen molar-refractivity contribution in [1.29, 1.82) is 0 Å². The number of aliphatic hydroxyl groups is 1. The molecule has 0 fully saturated rings. The van der Waals surface area contributed by atoms with Gasteiger partial charge in [0.25, 0.3) is 10.1 Å². The van der Waals surface area contributed by atoms with Crippen molar-refractivity contribution in [1.82, 2.24) is 0 Å². The van der Waals surface area contributed by atoms with Crippen LogP contribution in [0.1, 0.15) is 11.7 Å². The number of hydrogen-bond donors (Lipinski definition) is 2. The van der Waals surface area contributed by atoms with Crippen molar-refractivity contribution in [2.75, 3.05) is 5.75 Å². The van der Waals surface area contributed by atoms with Crippen LogP contribution in [0.25, 0.3) is 0 Å². The van der Waals surface area contributed by atoms with Gasteiger partial charge in [-0.1, -0.05) is 12.1 Å². The van der Waals surface area contributed by atoms with Crippen LogP contribution in [0.15, 0.2) is 24.3 Å². The lowest BCUT2D eigenvalue weighted by Gasteiger charge is -2.08. The second kappa shape index (κ2) is 4.04. The van der Waals surface area contributed by atoms with Crippen molar-refractivity contribution in [3.05, 3.63) is 35.6 Å². The summed E-state index contributed by atoms with van der Waals surface area (Å²) in [6.07, 6.45) is -1.34. The number of benzene rings is 1. The van der Waals surface area contributed by atoms with Gasteiger partial charge in [0.1, 0.15) is 11.6 Å².